The van der Waals surface area contributed by atoms with E-state index in [2.05, 4.69) is 4.98 Å². The van der Waals surface area contributed by atoms with Crippen molar-refractivity contribution >= 4 is 0 Å². The number of hydrogen-bond acceptors (Lipinski definition) is 3. The van der Waals surface area contributed by atoms with Crippen LogP contribution < -0.4 is 4.74 Å². The van der Waals surface area contributed by atoms with E-state index >= 15 is 0 Å². The smallest absolute Gasteiger partial charge is 0.253 e. The Morgan fingerprint density at radius 2 is 2.00 bits per heavy atom. The third-order valence-electron chi connectivity index (χ3n) is 1.72. The van der Waals surface area contributed by atoms with Crippen LogP contribution in [-0.2, 0) is 4.74 Å². The molecule has 16 heavy (non-hydrogen) atoms. The lowest BCUT2D eigenvalue weighted by atomic mass is 10.4. The standard InChI is InChI=1S/C10H12F3NO2/c1-3-15-5-6(2)16-10-8(12)4-7(11)9(13)14-10/h4,6H,3,5H2,1-2H3. The van der Waals surface area contributed by atoms with Gasteiger partial charge in [-0.1, -0.05) is 0 Å². The molecule has 1 unspecified atom stereocenters. The molecule has 90 valence electrons. The molecule has 6 heteroatoms. The zero-order chi connectivity index (χ0) is 12.1. The summed E-state index contributed by atoms with van der Waals surface area (Å²) >= 11 is 0. The Morgan fingerprint density at radius 3 is 2.62 bits per heavy atom. The number of rotatable bonds is 5. The van der Waals surface area contributed by atoms with Gasteiger partial charge >= 0.3 is 0 Å². The average molecular weight is 235 g/mol. The maximum absolute atomic E-state index is 13.1. The van der Waals surface area contributed by atoms with E-state index in [1.807, 2.05) is 0 Å². The van der Waals surface area contributed by atoms with E-state index in [1.165, 1.54) is 0 Å². The first kappa shape index (κ1) is 12.8. The van der Waals surface area contributed by atoms with Crippen LogP contribution in [0.2, 0.25) is 0 Å². The van der Waals surface area contributed by atoms with Gasteiger partial charge in [-0.15, -0.1) is 0 Å². The Hall–Kier alpha value is -1.30. The summed E-state index contributed by atoms with van der Waals surface area (Å²) in [6.07, 6.45) is -0.494. The lowest BCUT2D eigenvalue weighted by Gasteiger charge is -2.13. The van der Waals surface area contributed by atoms with E-state index in [0.717, 1.165) is 0 Å². The van der Waals surface area contributed by atoms with Crippen LogP contribution in [0.5, 0.6) is 5.88 Å². The van der Waals surface area contributed by atoms with Gasteiger partial charge in [0.15, 0.2) is 11.6 Å². The molecule has 0 fully saturated rings. The molecule has 0 aromatic carbocycles. The molecule has 0 N–H and O–H groups in total. The van der Waals surface area contributed by atoms with Crippen molar-refractivity contribution in [2.45, 2.75) is 20.0 Å². The molecule has 0 amide bonds. The monoisotopic (exact) mass is 235 g/mol. The Labute approximate surface area is 91.2 Å². The second-order valence-electron chi connectivity index (χ2n) is 3.14. The number of ether oxygens (including phenoxy) is 2. The molecular formula is C10H12F3NO2. The fourth-order valence-electron chi connectivity index (χ4n) is 1.02. The van der Waals surface area contributed by atoms with Crippen LogP contribution in [0.15, 0.2) is 6.07 Å². The van der Waals surface area contributed by atoms with Crippen LogP contribution >= 0.6 is 0 Å². The lowest BCUT2D eigenvalue weighted by molar-refractivity contribution is 0.0603. The van der Waals surface area contributed by atoms with Crippen LogP contribution in [0.25, 0.3) is 0 Å². The fraction of sp³-hybridized carbons (Fsp3) is 0.500. The molecule has 1 aromatic heterocycles. The Kier molecular flexibility index (Phi) is 4.54. The van der Waals surface area contributed by atoms with E-state index in [9.17, 15) is 13.2 Å². The molecule has 0 saturated heterocycles. The molecule has 1 atom stereocenters. The highest BCUT2D eigenvalue weighted by molar-refractivity contribution is 5.15. The van der Waals surface area contributed by atoms with Crippen molar-refractivity contribution in [2.75, 3.05) is 13.2 Å². The summed E-state index contributed by atoms with van der Waals surface area (Å²) in [5.41, 5.74) is 0. The Balaban J connectivity index is 2.69. The van der Waals surface area contributed by atoms with Gasteiger partial charge < -0.3 is 9.47 Å². The minimum absolute atomic E-state index is 0.219. The number of hydrogen-bond donors (Lipinski definition) is 0. The molecule has 0 bridgehead atoms. The van der Waals surface area contributed by atoms with Crippen molar-refractivity contribution in [1.29, 1.82) is 0 Å². The summed E-state index contributed by atoms with van der Waals surface area (Å²) < 4.78 is 48.3. The molecule has 1 heterocycles. The van der Waals surface area contributed by atoms with Crippen molar-refractivity contribution in [3.8, 4) is 5.88 Å². The maximum Gasteiger partial charge on any atom is 0.253 e. The van der Waals surface area contributed by atoms with Crippen molar-refractivity contribution in [3.05, 3.63) is 23.6 Å². The summed E-state index contributed by atoms with van der Waals surface area (Å²) in [6.45, 7) is 4.11. The molecule has 0 saturated carbocycles. The zero-order valence-electron chi connectivity index (χ0n) is 8.97. The third kappa shape index (κ3) is 3.37. The third-order valence-corrected chi connectivity index (χ3v) is 1.72. The number of halogens is 3. The largest absolute Gasteiger partial charge is 0.470 e. The van der Waals surface area contributed by atoms with Gasteiger partial charge in [-0.05, 0) is 13.8 Å². The van der Waals surface area contributed by atoms with Crippen molar-refractivity contribution in [3.63, 3.8) is 0 Å². The van der Waals surface area contributed by atoms with Gasteiger partial charge in [0.2, 0.25) is 0 Å². The first-order valence-electron chi connectivity index (χ1n) is 4.80. The second-order valence-corrected chi connectivity index (χ2v) is 3.14. The van der Waals surface area contributed by atoms with Crippen LogP contribution in [0.3, 0.4) is 0 Å². The summed E-state index contributed by atoms with van der Waals surface area (Å²) in [6, 6.07) is 0.394. The van der Waals surface area contributed by atoms with Crippen LogP contribution in [-0.4, -0.2) is 24.3 Å². The van der Waals surface area contributed by atoms with E-state index in [0.29, 0.717) is 12.7 Å². The highest BCUT2D eigenvalue weighted by Gasteiger charge is 2.15. The predicted octanol–water partition coefficient (Wildman–Crippen LogP) is 2.30. The van der Waals surface area contributed by atoms with Gasteiger partial charge in [0.25, 0.3) is 11.8 Å². The summed E-state index contributed by atoms with van der Waals surface area (Å²) in [5, 5.41) is 0. The molecule has 0 aliphatic rings. The van der Waals surface area contributed by atoms with Crippen molar-refractivity contribution < 1.29 is 22.6 Å². The van der Waals surface area contributed by atoms with E-state index in [-0.39, 0.29) is 6.61 Å². The number of pyridine rings is 1. The molecule has 0 aliphatic carbocycles. The molecule has 0 spiro atoms. The summed E-state index contributed by atoms with van der Waals surface area (Å²) in [4.78, 5) is 3.03. The quantitative estimate of drug-likeness (QED) is 0.734. The highest BCUT2D eigenvalue weighted by atomic mass is 19.2. The zero-order valence-corrected chi connectivity index (χ0v) is 8.97. The van der Waals surface area contributed by atoms with Gasteiger partial charge in [-0.25, -0.2) is 8.78 Å². The molecule has 3 nitrogen and oxygen atoms in total. The first-order valence-corrected chi connectivity index (χ1v) is 4.80. The topological polar surface area (TPSA) is 31.4 Å². The Bertz CT molecular complexity index is 360. The predicted molar refractivity (Wildman–Crippen MR) is 50.7 cm³/mol. The molecule has 0 radical (unpaired) electrons. The number of nitrogens with zero attached hydrogens (tertiary/aromatic N) is 1. The fourth-order valence-corrected chi connectivity index (χ4v) is 1.02. The van der Waals surface area contributed by atoms with E-state index < -0.39 is 29.6 Å². The van der Waals surface area contributed by atoms with E-state index in [4.69, 9.17) is 9.47 Å². The van der Waals surface area contributed by atoms with Gasteiger partial charge in [-0.2, -0.15) is 9.37 Å². The average Bonchev–Trinajstić information content (AvgIpc) is 2.23. The van der Waals surface area contributed by atoms with Gasteiger partial charge in [0, 0.05) is 12.7 Å². The molecule has 1 rings (SSSR count). The van der Waals surface area contributed by atoms with Crippen molar-refractivity contribution in [1.82, 2.24) is 4.98 Å². The van der Waals surface area contributed by atoms with Gasteiger partial charge in [-0.3, -0.25) is 0 Å². The van der Waals surface area contributed by atoms with Gasteiger partial charge in [0.1, 0.15) is 6.10 Å². The highest BCUT2D eigenvalue weighted by Crippen LogP contribution is 2.17. The van der Waals surface area contributed by atoms with Crippen LogP contribution in [0, 0.1) is 17.6 Å². The second kappa shape index (κ2) is 5.69. The summed E-state index contributed by atoms with van der Waals surface area (Å²) in [7, 11) is 0. The molecule has 0 aliphatic heterocycles. The van der Waals surface area contributed by atoms with Gasteiger partial charge in [0.05, 0.1) is 6.61 Å². The minimum Gasteiger partial charge on any atom is -0.470 e. The minimum atomic E-state index is -1.39. The SMILES string of the molecule is CCOCC(C)Oc1nc(F)c(F)cc1F. The Morgan fingerprint density at radius 1 is 1.31 bits per heavy atom. The first-order chi connectivity index (χ1) is 7.54. The van der Waals surface area contributed by atoms with Crippen molar-refractivity contribution in [2.24, 2.45) is 0 Å². The van der Waals surface area contributed by atoms with Crippen LogP contribution in [0.4, 0.5) is 13.2 Å². The van der Waals surface area contributed by atoms with Crippen LogP contribution in [0.1, 0.15) is 13.8 Å². The number of aromatic nitrogens is 1. The maximum atomic E-state index is 13.1. The van der Waals surface area contributed by atoms with E-state index in [1.54, 1.807) is 13.8 Å². The lowest BCUT2D eigenvalue weighted by Crippen LogP contribution is -2.20. The summed E-state index contributed by atoms with van der Waals surface area (Å²) in [5.74, 6) is -4.34. The molecular weight excluding hydrogens is 223 g/mol. The normalized spacial score (nSPS) is 12.6. The molecule has 1 aromatic rings.